The SMILES string of the molecule is Cn1ccc(CNc2cccc(NC(=O)OC(C)(C)C)c2)c1. The fourth-order valence-corrected chi connectivity index (χ4v) is 2.00. The van der Waals surface area contributed by atoms with E-state index in [1.807, 2.05) is 62.8 Å². The van der Waals surface area contributed by atoms with Crippen LogP contribution < -0.4 is 10.6 Å². The van der Waals surface area contributed by atoms with E-state index in [0.717, 1.165) is 12.2 Å². The predicted molar refractivity (Wildman–Crippen MR) is 89.0 cm³/mol. The van der Waals surface area contributed by atoms with Crippen LogP contribution in [0.2, 0.25) is 0 Å². The summed E-state index contributed by atoms with van der Waals surface area (Å²) in [6.07, 6.45) is 3.63. The van der Waals surface area contributed by atoms with Gasteiger partial charge in [0.15, 0.2) is 0 Å². The van der Waals surface area contributed by atoms with Crippen molar-refractivity contribution in [3.05, 3.63) is 48.3 Å². The second-order valence-electron chi connectivity index (χ2n) is 6.25. The van der Waals surface area contributed by atoms with Crippen molar-refractivity contribution in [2.24, 2.45) is 7.05 Å². The highest BCUT2D eigenvalue weighted by Gasteiger charge is 2.16. The van der Waals surface area contributed by atoms with E-state index in [1.165, 1.54) is 5.56 Å². The minimum Gasteiger partial charge on any atom is -0.444 e. The minimum atomic E-state index is -0.507. The molecule has 2 rings (SSSR count). The molecule has 0 spiro atoms. The second-order valence-corrected chi connectivity index (χ2v) is 6.25. The molecule has 1 aromatic heterocycles. The molecule has 0 unspecified atom stereocenters. The topological polar surface area (TPSA) is 55.3 Å². The zero-order chi connectivity index (χ0) is 16.2. The Hall–Kier alpha value is -2.43. The smallest absolute Gasteiger partial charge is 0.412 e. The number of anilines is 2. The van der Waals surface area contributed by atoms with Crippen LogP contribution in [0, 0.1) is 0 Å². The number of aryl methyl sites for hydroxylation is 1. The molecule has 1 aromatic carbocycles. The van der Waals surface area contributed by atoms with Crippen molar-refractivity contribution in [1.29, 1.82) is 0 Å². The second kappa shape index (κ2) is 6.56. The van der Waals surface area contributed by atoms with Crippen LogP contribution in [0.3, 0.4) is 0 Å². The fraction of sp³-hybridized carbons (Fsp3) is 0.353. The summed E-state index contributed by atoms with van der Waals surface area (Å²) in [6.45, 7) is 6.25. The van der Waals surface area contributed by atoms with Gasteiger partial charge in [0.1, 0.15) is 5.60 Å². The average Bonchev–Trinajstić information content (AvgIpc) is 2.80. The molecular weight excluding hydrogens is 278 g/mol. The zero-order valence-corrected chi connectivity index (χ0v) is 13.5. The molecule has 1 amide bonds. The molecule has 0 saturated carbocycles. The van der Waals surface area contributed by atoms with Gasteiger partial charge < -0.3 is 14.6 Å². The normalized spacial score (nSPS) is 11.1. The van der Waals surface area contributed by atoms with Crippen LogP contribution in [-0.2, 0) is 18.3 Å². The van der Waals surface area contributed by atoms with Crippen molar-refractivity contribution in [2.75, 3.05) is 10.6 Å². The number of rotatable bonds is 4. The van der Waals surface area contributed by atoms with Crippen molar-refractivity contribution in [3.8, 4) is 0 Å². The molecule has 5 heteroatoms. The molecule has 0 fully saturated rings. The van der Waals surface area contributed by atoms with E-state index < -0.39 is 11.7 Å². The van der Waals surface area contributed by atoms with Crippen LogP contribution in [-0.4, -0.2) is 16.3 Å². The number of aromatic nitrogens is 1. The van der Waals surface area contributed by atoms with Crippen LogP contribution in [0.25, 0.3) is 0 Å². The Labute approximate surface area is 131 Å². The molecule has 0 aliphatic carbocycles. The van der Waals surface area contributed by atoms with E-state index in [-0.39, 0.29) is 0 Å². The van der Waals surface area contributed by atoms with Crippen molar-refractivity contribution < 1.29 is 9.53 Å². The number of nitrogens with one attached hydrogen (secondary N) is 2. The van der Waals surface area contributed by atoms with E-state index >= 15 is 0 Å². The summed E-state index contributed by atoms with van der Waals surface area (Å²) >= 11 is 0. The van der Waals surface area contributed by atoms with Gasteiger partial charge in [-0.1, -0.05) is 6.07 Å². The van der Waals surface area contributed by atoms with Crippen molar-refractivity contribution >= 4 is 17.5 Å². The number of nitrogens with zero attached hydrogens (tertiary/aromatic N) is 1. The molecule has 0 radical (unpaired) electrons. The van der Waals surface area contributed by atoms with Gasteiger partial charge in [-0.15, -0.1) is 0 Å². The lowest BCUT2D eigenvalue weighted by Gasteiger charge is -2.19. The predicted octanol–water partition coefficient (Wildman–Crippen LogP) is 3.98. The molecule has 1 heterocycles. The number of carbonyl (C=O) groups excluding carboxylic acids is 1. The average molecular weight is 301 g/mol. The molecule has 0 aliphatic rings. The molecule has 0 bridgehead atoms. The highest BCUT2D eigenvalue weighted by atomic mass is 16.6. The Balaban J connectivity index is 1.93. The van der Waals surface area contributed by atoms with E-state index in [2.05, 4.69) is 22.9 Å². The van der Waals surface area contributed by atoms with E-state index in [9.17, 15) is 4.79 Å². The van der Waals surface area contributed by atoms with Gasteiger partial charge in [0.2, 0.25) is 0 Å². The van der Waals surface area contributed by atoms with Gasteiger partial charge in [0, 0.05) is 37.4 Å². The third-order valence-corrected chi connectivity index (χ3v) is 2.90. The third kappa shape index (κ3) is 5.16. The molecule has 2 N–H and O–H groups in total. The van der Waals surface area contributed by atoms with Crippen LogP contribution >= 0.6 is 0 Å². The molecule has 22 heavy (non-hydrogen) atoms. The first kappa shape index (κ1) is 15.9. The molecule has 2 aromatic rings. The fourth-order valence-electron chi connectivity index (χ4n) is 2.00. The summed E-state index contributed by atoms with van der Waals surface area (Å²) in [6, 6.07) is 9.63. The number of hydrogen-bond acceptors (Lipinski definition) is 3. The molecule has 0 aliphatic heterocycles. The molecular formula is C17H23N3O2. The van der Waals surface area contributed by atoms with Crippen molar-refractivity contribution in [2.45, 2.75) is 32.9 Å². The lowest BCUT2D eigenvalue weighted by atomic mass is 10.2. The minimum absolute atomic E-state index is 0.451. The van der Waals surface area contributed by atoms with Gasteiger partial charge >= 0.3 is 6.09 Å². The van der Waals surface area contributed by atoms with Gasteiger partial charge in [-0.3, -0.25) is 5.32 Å². The van der Waals surface area contributed by atoms with E-state index in [4.69, 9.17) is 4.74 Å². The van der Waals surface area contributed by atoms with Crippen LogP contribution in [0.15, 0.2) is 42.7 Å². The lowest BCUT2D eigenvalue weighted by Crippen LogP contribution is -2.27. The number of hydrogen-bond donors (Lipinski definition) is 2. The highest BCUT2D eigenvalue weighted by molar-refractivity contribution is 5.85. The van der Waals surface area contributed by atoms with Crippen LogP contribution in [0.5, 0.6) is 0 Å². The van der Waals surface area contributed by atoms with Crippen molar-refractivity contribution in [1.82, 2.24) is 4.57 Å². The Bertz CT molecular complexity index is 641. The summed E-state index contributed by atoms with van der Waals surface area (Å²) in [5.41, 5.74) is 2.34. The summed E-state index contributed by atoms with van der Waals surface area (Å²) in [4.78, 5) is 11.8. The quantitative estimate of drug-likeness (QED) is 0.898. The molecule has 118 valence electrons. The summed E-state index contributed by atoms with van der Waals surface area (Å²) in [5.74, 6) is 0. The Morgan fingerprint density at radius 3 is 2.59 bits per heavy atom. The zero-order valence-electron chi connectivity index (χ0n) is 13.5. The van der Waals surface area contributed by atoms with Gasteiger partial charge in [0.25, 0.3) is 0 Å². The van der Waals surface area contributed by atoms with E-state index in [0.29, 0.717) is 5.69 Å². The number of amides is 1. The maximum absolute atomic E-state index is 11.8. The Morgan fingerprint density at radius 2 is 1.95 bits per heavy atom. The number of ether oxygens (including phenoxy) is 1. The number of benzene rings is 1. The molecule has 5 nitrogen and oxygen atoms in total. The summed E-state index contributed by atoms with van der Waals surface area (Å²) in [5, 5.41) is 6.07. The molecule has 0 atom stereocenters. The summed E-state index contributed by atoms with van der Waals surface area (Å²) < 4.78 is 7.25. The first-order chi connectivity index (χ1) is 10.3. The van der Waals surface area contributed by atoms with Gasteiger partial charge in [-0.2, -0.15) is 0 Å². The first-order valence-corrected chi connectivity index (χ1v) is 7.27. The lowest BCUT2D eigenvalue weighted by molar-refractivity contribution is 0.0636. The van der Waals surface area contributed by atoms with E-state index in [1.54, 1.807) is 0 Å². The molecule has 0 saturated heterocycles. The maximum atomic E-state index is 11.8. The largest absolute Gasteiger partial charge is 0.444 e. The maximum Gasteiger partial charge on any atom is 0.412 e. The standard InChI is InChI=1S/C17H23N3O2/c1-17(2,3)22-16(21)19-15-7-5-6-14(10-15)18-11-13-8-9-20(4)12-13/h5-10,12,18H,11H2,1-4H3,(H,19,21). The van der Waals surface area contributed by atoms with Gasteiger partial charge in [-0.05, 0) is 50.6 Å². The van der Waals surface area contributed by atoms with Gasteiger partial charge in [0.05, 0.1) is 0 Å². The monoisotopic (exact) mass is 301 g/mol. The first-order valence-electron chi connectivity index (χ1n) is 7.27. The van der Waals surface area contributed by atoms with Crippen LogP contribution in [0.4, 0.5) is 16.2 Å². The Kier molecular flexibility index (Phi) is 4.75. The third-order valence-electron chi connectivity index (χ3n) is 2.90. The van der Waals surface area contributed by atoms with Crippen molar-refractivity contribution in [3.63, 3.8) is 0 Å². The van der Waals surface area contributed by atoms with Crippen LogP contribution in [0.1, 0.15) is 26.3 Å². The number of carbonyl (C=O) groups is 1. The van der Waals surface area contributed by atoms with Gasteiger partial charge in [-0.25, -0.2) is 4.79 Å². The Morgan fingerprint density at radius 1 is 1.23 bits per heavy atom. The summed E-state index contributed by atoms with van der Waals surface area (Å²) in [7, 11) is 1.99. The highest BCUT2D eigenvalue weighted by Crippen LogP contribution is 2.17.